The minimum atomic E-state index is -0.810. The number of anilines is 1. The Labute approximate surface area is 174 Å². The molecule has 7 nitrogen and oxygen atoms in total. The molecule has 0 unspecified atom stereocenters. The standard InChI is InChI=1S/C20H11Cl2N3O4/c21-14-4-3-5-15(22)19(14)18-9-8-13(29-18)10-12(11-23)20(26)24-16-6-1-2-7-17(16)25(27)28/h1-10H,(H,24,26)/b12-10+. The predicted molar refractivity (Wildman–Crippen MR) is 109 cm³/mol. The molecule has 0 spiro atoms. The maximum absolute atomic E-state index is 12.4. The van der Waals surface area contributed by atoms with Crippen LogP contribution in [0.4, 0.5) is 11.4 Å². The number of nitriles is 1. The number of amides is 1. The van der Waals surface area contributed by atoms with Crippen LogP contribution >= 0.6 is 23.2 Å². The summed E-state index contributed by atoms with van der Waals surface area (Å²) in [5.74, 6) is -0.232. The van der Waals surface area contributed by atoms with Gasteiger partial charge in [-0.05, 0) is 30.3 Å². The molecule has 2 aromatic carbocycles. The predicted octanol–water partition coefficient (Wildman–Crippen LogP) is 5.71. The molecule has 144 valence electrons. The van der Waals surface area contributed by atoms with E-state index in [9.17, 15) is 20.2 Å². The van der Waals surface area contributed by atoms with E-state index >= 15 is 0 Å². The molecule has 29 heavy (non-hydrogen) atoms. The average molecular weight is 428 g/mol. The Bertz CT molecular complexity index is 1160. The molecule has 0 atom stereocenters. The van der Waals surface area contributed by atoms with Crippen LogP contribution in [0.1, 0.15) is 5.76 Å². The first-order valence-corrected chi connectivity index (χ1v) is 8.87. The number of halogens is 2. The number of nitrogens with zero attached hydrogens (tertiary/aromatic N) is 2. The van der Waals surface area contributed by atoms with E-state index in [1.165, 1.54) is 30.3 Å². The lowest BCUT2D eigenvalue weighted by Gasteiger charge is -2.05. The molecular weight excluding hydrogens is 417 g/mol. The minimum absolute atomic E-state index is 0.0216. The van der Waals surface area contributed by atoms with Crippen LogP contribution in [-0.2, 0) is 4.79 Å². The summed E-state index contributed by atoms with van der Waals surface area (Å²) < 4.78 is 5.64. The zero-order valence-electron chi connectivity index (χ0n) is 14.6. The molecular formula is C20H11Cl2N3O4. The highest BCUT2D eigenvalue weighted by Gasteiger charge is 2.18. The van der Waals surface area contributed by atoms with Gasteiger partial charge in [0.2, 0.25) is 0 Å². The number of hydrogen-bond donors (Lipinski definition) is 1. The van der Waals surface area contributed by atoms with Gasteiger partial charge in [-0.2, -0.15) is 5.26 Å². The molecule has 0 fully saturated rings. The third kappa shape index (κ3) is 4.46. The van der Waals surface area contributed by atoms with Crippen molar-refractivity contribution in [2.75, 3.05) is 5.32 Å². The number of nitro benzene ring substituents is 1. The van der Waals surface area contributed by atoms with Crippen molar-refractivity contribution in [3.63, 3.8) is 0 Å². The summed E-state index contributed by atoms with van der Waals surface area (Å²) >= 11 is 12.3. The highest BCUT2D eigenvalue weighted by molar-refractivity contribution is 6.39. The number of furan rings is 1. The molecule has 1 heterocycles. The van der Waals surface area contributed by atoms with E-state index in [0.29, 0.717) is 21.4 Å². The van der Waals surface area contributed by atoms with E-state index in [1.807, 2.05) is 0 Å². The largest absolute Gasteiger partial charge is 0.457 e. The number of rotatable bonds is 5. The Morgan fingerprint density at radius 2 is 1.79 bits per heavy atom. The Kier molecular flexibility index (Phi) is 5.98. The van der Waals surface area contributed by atoms with Crippen molar-refractivity contribution in [1.82, 2.24) is 0 Å². The van der Waals surface area contributed by atoms with E-state index in [-0.39, 0.29) is 22.7 Å². The number of benzene rings is 2. The van der Waals surface area contributed by atoms with Gasteiger partial charge in [-0.1, -0.05) is 41.4 Å². The van der Waals surface area contributed by atoms with Gasteiger partial charge in [-0.15, -0.1) is 0 Å². The molecule has 0 radical (unpaired) electrons. The van der Waals surface area contributed by atoms with Crippen molar-refractivity contribution in [3.05, 3.63) is 86.1 Å². The van der Waals surface area contributed by atoms with Gasteiger partial charge in [0.1, 0.15) is 28.9 Å². The van der Waals surface area contributed by atoms with Gasteiger partial charge in [-0.25, -0.2) is 0 Å². The quantitative estimate of drug-likeness (QED) is 0.242. The normalized spacial score (nSPS) is 11.0. The van der Waals surface area contributed by atoms with Crippen molar-refractivity contribution in [2.45, 2.75) is 0 Å². The highest BCUT2D eigenvalue weighted by atomic mass is 35.5. The second kappa shape index (κ2) is 8.61. The number of hydrogen-bond acceptors (Lipinski definition) is 5. The van der Waals surface area contributed by atoms with Gasteiger partial charge in [0.25, 0.3) is 11.6 Å². The van der Waals surface area contributed by atoms with Crippen molar-refractivity contribution in [3.8, 4) is 17.4 Å². The van der Waals surface area contributed by atoms with Crippen molar-refractivity contribution in [1.29, 1.82) is 5.26 Å². The van der Waals surface area contributed by atoms with Gasteiger partial charge < -0.3 is 9.73 Å². The van der Waals surface area contributed by atoms with E-state index in [0.717, 1.165) is 0 Å². The van der Waals surface area contributed by atoms with Crippen molar-refractivity contribution >= 4 is 46.6 Å². The van der Waals surface area contributed by atoms with Gasteiger partial charge in [0.05, 0.1) is 20.5 Å². The van der Waals surface area contributed by atoms with Crippen LogP contribution in [-0.4, -0.2) is 10.8 Å². The molecule has 0 aliphatic heterocycles. The summed E-state index contributed by atoms with van der Waals surface area (Å²) in [7, 11) is 0. The zero-order chi connectivity index (χ0) is 21.0. The molecule has 0 saturated heterocycles. The van der Waals surface area contributed by atoms with Crippen LogP contribution in [0.15, 0.2) is 64.6 Å². The van der Waals surface area contributed by atoms with Crippen LogP contribution in [0.2, 0.25) is 10.0 Å². The smallest absolute Gasteiger partial charge is 0.292 e. The first-order valence-electron chi connectivity index (χ1n) is 8.11. The number of nitro groups is 1. The molecule has 0 aliphatic carbocycles. The van der Waals surface area contributed by atoms with Crippen LogP contribution in [0.25, 0.3) is 17.4 Å². The maximum atomic E-state index is 12.4. The first-order chi connectivity index (χ1) is 13.9. The van der Waals surface area contributed by atoms with E-state index in [2.05, 4.69) is 5.32 Å². The van der Waals surface area contributed by atoms with Crippen LogP contribution in [0.3, 0.4) is 0 Å². The molecule has 1 aromatic heterocycles. The Morgan fingerprint density at radius 3 is 2.45 bits per heavy atom. The lowest BCUT2D eigenvalue weighted by molar-refractivity contribution is -0.383. The number of carbonyl (C=O) groups excluding carboxylic acids is 1. The van der Waals surface area contributed by atoms with Gasteiger partial charge in [-0.3, -0.25) is 14.9 Å². The summed E-state index contributed by atoms with van der Waals surface area (Å²) in [5.41, 5.74) is -0.119. The monoisotopic (exact) mass is 427 g/mol. The van der Waals surface area contributed by atoms with Crippen LogP contribution < -0.4 is 5.32 Å². The molecule has 0 aliphatic rings. The lowest BCUT2D eigenvalue weighted by Crippen LogP contribution is -2.14. The summed E-state index contributed by atoms with van der Waals surface area (Å²) in [4.78, 5) is 22.8. The van der Waals surface area contributed by atoms with E-state index in [4.69, 9.17) is 27.6 Å². The fourth-order valence-electron chi connectivity index (χ4n) is 2.52. The number of para-hydroxylation sites is 2. The molecule has 0 saturated carbocycles. The molecule has 1 N–H and O–H groups in total. The summed E-state index contributed by atoms with van der Waals surface area (Å²) in [6.45, 7) is 0. The van der Waals surface area contributed by atoms with E-state index in [1.54, 1.807) is 36.4 Å². The maximum Gasteiger partial charge on any atom is 0.292 e. The number of nitrogens with one attached hydrogen (secondary N) is 1. The fraction of sp³-hybridized carbons (Fsp3) is 0. The van der Waals surface area contributed by atoms with Gasteiger partial charge in [0, 0.05) is 12.1 Å². The molecule has 3 rings (SSSR count). The topological polar surface area (TPSA) is 109 Å². The third-order valence-corrected chi connectivity index (χ3v) is 4.47. The van der Waals surface area contributed by atoms with Crippen LogP contribution in [0, 0.1) is 21.4 Å². The summed E-state index contributed by atoms with van der Waals surface area (Å²) in [6.07, 6.45) is 1.22. The Balaban J connectivity index is 1.88. The van der Waals surface area contributed by atoms with Gasteiger partial charge >= 0.3 is 0 Å². The average Bonchev–Trinajstić information content (AvgIpc) is 3.14. The molecule has 0 bridgehead atoms. The molecule has 3 aromatic rings. The number of carbonyl (C=O) groups is 1. The minimum Gasteiger partial charge on any atom is -0.457 e. The summed E-state index contributed by atoms with van der Waals surface area (Å²) in [5, 5.41) is 23.5. The SMILES string of the molecule is N#C/C(=C\c1ccc(-c2c(Cl)cccc2Cl)o1)C(=O)Nc1ccccc1[N+](=O)[O-]. The Morgan fingerprint density at radius 1 is 1.10 bits per heavy atom. The zero-order valence-corrected chi connectivity index (χ0v) is 16.1. The molecule has 1 amide bonds. The first kappa shape index (κ1) is 20.1. The third-order valence-electron chi connectivity index (χ3n) is 3.84. The van der Waals surface area contributed by atoms with E-state index < -0.39 is 10.8 Å². The van der Waals surface area contributed by atoms with Crippen LogP contribution in [0.5, 0.6) is 0 Å². The second-order valence-corrected chi connectivity index (χ2v) is 6.51. The molecule has 9 heteroatoms. The lowest BCUT2D eigenvalue weighted by atomic mass is 10.2. The van der Waals surface area contributed by atoms with Crippen molar-refractivity contribution < 1.29 is 14.1 Å². The Hall–Kier alpha value is -3.60. The highest BCUT2D eigenvalue weighted by Crippen LogP contribution is 2.35. The van der Waals surface area contributed by atoms with Gasteiger partial charge in [0.15, 0.2) is 0 Å². The second-order valence-electron chi connectivity index (χ2n) is 5.70. The van der Waals surface area contributed by atoms with Crippen molar-refractivity contribution in [2.24, 2.45) is 0 Å². The summed E-state index contributed by atoms with van der Waals surface area (Å²) in [6, 6.07) is 15.5. The fourth-order valence-corrected chi connectivity index (χ4v) is 3.10.